The number of aliphatic hydroxyl groups is 1. The van der Waals surface area contributed by atoms with Crippen LogP contribution in [0.5, 0.6) is 0 Å². The molecule has 0 aliphatic carbocycles. The zero-order chi connectivity index (χ0) is 24.3. The van der Waals surface area contributed by atoms with Crippen LogP contribution in [0.15, 0.2) is 53.4 Å². The van der Waals surface area contributed by atoms with Gasteiger partial charge in [0.15, 0.2) is 6.04 Å². The van der Waals surface area contributed by atoms with E-state index in [0.717, 1.165) is 5.56 Å². The number of carbonyl (C=O) groups excluding carboxylic acids is 1. The fourth-order valence-corrected chi connectivity index (χ4v) is 4.84. The number of benzene rings is 2. The third-order valence-electron chi connectivity index (χ3n) is 5.09. The second kappa shape index (κ2) is 9.43. The summed E-state index contributed by atoms with van der Waals surface area (Å²) in [6.07, 6.45) is 0. The van der Waals surface area contributed by atoms with Crippen LogP contribution in [0, 0.1) is 13.8 Å². The summed E-state index contributed by atoms with van der Waals surface area (Å²) < 4.78 is 29.9. The molecule has 1 heterocycles. The molecule has 3 aromatic rings. The van der Waals surface area contributed by atoms with Crippen LogP contribution in [0.1, 0.15) is 21.7 Å². The molecule has 1 amide bonds. The summed E-state index contributed by atoms with van der Waals surface area (Å²) >= 11 is 0. The lowest BCUT2D eigenvalue weighted by atomic mass is 10.0. The van der Waals surface area contributed by atoms with Gasteiger partial charge in [0.25, 0.3) is 15.9 Å². The Bertz CT molecular complexity index is 1300. The lowest BCUT2D eigenvalue weighted by Crippen LogP contribution is -2.43. The summed E-state index contributed by atoms with van der Waals surface area (Å²) in [5, 5.41) is 24.4. The predicted molar refractivity (Wildman–Crippen MR) is 121 cm³/mol. The molecule has 4 N–H and O–H groups in total. The lowest BCUT2D eigenvalue weighted by molar-refractivity contribution is -0.140. The molecule has 33 heavy (non-hydrogen) atoms. The third kappa shape index (κ3) is 5.21. The fourth-order valence-electron chi connectivity index (χ4n) is 3.35. The van der Waals surface area contributed by atoms with E-state index in [1.54, 1.807) is 57.3 Å². The van der Waals surface area contributed by atoms with E-state index in [2.05, 4.69) is 15.1 Å². The average molecular weight is 473 g/mol. The van der Waals surface area contributed by atoms with Gasteiger partial charge in [-0.3, -0.25) is 14.2 Å². The molecule has 0 saturated heterocycles. The van der Waals surface area contributed by atoms with Crippen LogP contribution in [-0.4, -0.2) is 52.9 Å². The number of carboxylic acids is 1. The number of carboxylic acid groups (broad SMARTS) is 1. The van der Waals surface area contributed by atoms with Gasteiger partial charge in [-0.15, -0.1) is 0 Å². The Morgan fingerprint density at radius 2 is 1.76 bits per heavy atom. The van der Waals surface area contributed by atoms with Gasteiger partial charge in [0, 0.05) is 18.3 Å². The molecule has 10 nitrogen and oxygen atoms in total. The Morgan fingerprint density at radius 3 is 2.30 bits per heavy atom. The molecule has 1 atom stereocenters. The first-order valence-electron chi connectivity index (χ1n) is 9.91. The van der Waals surface area contributed by atoms with Gasteiger partial charge in [-0.1, -0.05) is 24.3 Å². The predicted octanol–water partition coefficient (Wildman–Crippen LogP) is 1.68. The fraction of sp³-hybridized carbons (Fsp3) is 0.227. The minimum atomic E-state index is -3.85. The van der Waals surface area contributed by atoms with Crippen LogP contribution in [0.25, 0.3) is 11.1 Å². The van der Waals surface area contributed by atoms with Gasteiger partial charge in [-0.05, 0) is 49.2 Å². The van der Waals surface area contributed by atoms with Gasteiger partial charge in [-0.25, -0.2) is 13.2 Å². The minimum Gasteiger partial charge on any atom is -0.480 e. The van der Waals surface area contributed by atoms with Crippen molar-refractivity contribution in [3.05, 3.63) is 65.5 Å². The second-order valence-corrected chi connectivity index (χ2v) is 9.05. The molecule has 0 aliphatic heterocycles. The number of hydrogen-bond donors (Lipinski definition) is 4. The maximum Gasteiger partial charge on any atom is 0.328 e. The Morgan fingerprint density at radius 1 is 1.09 bits per heavy atom. The SMILES string of the molecule is Cc1nn(C)c(C)c1S(=O)(=O)Nc1cccc(-c2ccc(C(=O)NC(CO)C(=O)O)cc2)c1. The number of nitrogens with one attached hydrogen (secondary N) is 2. The smallest absolute Gasteiger partial charge is 0.328 e. The molecule has 2 aromatic carbocycles. The van der Waals surface area contributed by atoms with Crippen LogP contribution >= 0.6 is 0 Å². The van der Waals surface area contributed by atoms with Crippen LogP contribution < -0.4 is 10.0 Å². The van der Waals surface area contributed by atoms with Gasteiger partial charge in [-0.2, -0.15) is 5.10 Å². The van der Waals surface area contributed by atoms with Crippen molar-refractivity contribution in [1.82, 2.24) is 15.1 Å². The van der Waals surface area contributed by atoms with Gasteiger partial charge in [0.05, 0.1) is 18.0 Å². The van der Waals surface area contributed by atoms with Crippen molar-refractivity contribution in [3.8, 4) is 11.1 Å². The molecule has 1 unspecified atom stereocenters. The van der Waals surface area contributed by atoms with Crippen LogP contribution in [0.4, 0.5) is 5.69 Å². The normalized spacial score (nSPS) is 12.2. The van der Waals surface area contributed by atoms with Gasteiger partial charge in [0.2, 0.25) is 0 Å². The highest BCUT2D eigenvalue weighted by Crippen LogP contribution is 2.26. The number of carbonyl (C=O) groups is 2. The maximum absolute atomic E-state index is 12.9. The van der Waals surface area contributed by atoms with Gasteiger partial charge in [0.1, 0.15) is 4.90 Å². The molecule has 174 valence electrons. The first-order chi connectivity index (χ1) is 15.5. The summed E-state index contributed by atoms with van der Waals surface area (Å²) in [6, 6.07) is 11.7. The maximum atomic E-state index is 12.9. The van der Waals surface area contributed by atoms with E-state index in [9.17, 15) is 18.0 Å². The molecular formula is C22H24N4O6S. The summed E-state index contributed by atoms with van der Waals surface area (Å²) in [4.78, 5) is 23.3. The van der Waals surface area contributed by atoms with E-state index in [4.69, 9.17) is 10.2 Å². The third-order valence-corrected chi connectivity index (χ3v) is 6.73. The zero-order valence-electron chi connectivity index (χ0n) is 18.2. The number of rotatable bonds is 8. The molecule has 0 spiro atoms. The topological polar surface area (TPSA) is 151 Å². The van der Waals surface area contributed by atoms with Gasteiger partial charge >= 0.3 is 5.97 Å². The van der Waals surface area contributed by atoms with Crippen LogP contribution in [0.3, 0.4) is 0 Å². The Balaban J connectivity index is 1.81. The number of anilines is 1. The quantitative estimate of drug-likeness (QED) is 0.389. The van der Waals surface area contributed by atoms with Crippen LogP contribution in [0.2, 0.25) is 0 Å². The molecule has 0 bridgehead atoms. The van der Waals surface area contributed by atoms with Crippen LogP contribution in [-0.2, 0) is 21.9 Å². The summed E-state index contributed by atoms with van der Waals surface area (Å²) in [7, 11) is -2.17. The van der Waals surface area contributed by atoms with E-state index < -0.39 is 34.5 Å². The molecule has 0 saturated carbocycles. The van der Waals surface area contributed by atoms with E-state index in [1.165, 1.54) is 16.8 Å². The summed E-state index contributed by atoms with van der Waals surface area (Å²) in [5.41, 5.74) is 2.94. The second-order valence-electron chi connectivity index (χ2n) is 7.43. The Kier molecular flexibility index (Phi) is 6.84. The van der Waals surface area contributed by atoms with Crippen molar-refractivity contribution < 1.29 is 28.2 Å². The Hall–Kier alpha value is -3.70. The summed E-state index contributed by atoms with van der Waals surface area (Å²) in [6.45, 7) is 2.59. The number of aliphatic carboxylic acids is 1. The number of aliphatic hydroxyl groups excluding tert-OH is 1. The number of hydrogen-bond acceptors (Lipinski definition) is 6. The molecule has 0 radical (unpaired) electrons. The Labute approximate surface area is 190 Å². The minimum absolute atomic E-state index is 0.133. The van der Waals surface area contributed by atoms with Crippen molar-refractivity contribution in [3.63, 3.8) is 0 Å². The molecule has 1 aromatic heterocycles. The molecule has 0 aliphatic rings. The molecule has 11 heteroatoms. The van der Waals surface area contributed by atoms with E-state index in [-0.39, 0.29) is 10.5 Å². The van der Waals surface area contributed by atoms with Gasteiger partial charge < -0.3 is 15.5 Å². The van der Waals surface area contributed by atoms with Crippen molar-refractivity contribution in [1.29, 1.82) is 0 Å². The highest BCUT2D eigenvalue weighted by atomic mass is 32.2. The van der Waals surface area contributed by atoms with E-state index >= 15 is 0 Å². The number of aryl methyl sites for hydroxylation is 2. The van der Waals surface area contributed by atoms with Crippen molar-refractivity contribution in [2.24, 2.45) is 7.05 Å². The lowest BCUT2D eigenvalue weighted by Gasteiger charge is -2.12. The number of amides is 1. The molecular weight excluding hydrogens is 448 g/mol. The van der Waals surface area contributed by atoms with E-state index in [1.807, 2.05) is 0 Å². The highest BCUT2D eigenvalue weighted by molar-refractivity contribution is 7.92. The molecule has 3 rings (SSSR count). The summed E-state index contributed by atoms with van der Waals surface area (Å²) in [5.74, 6) is -1.97. The zero-order valence-corrected chi connectivity index (χ0v) is 19.0. The molecule has 0 fully saturated rings. The van der Waals surface area contributed by atoms with Crippen molar-refractivity contribution in [2.75, 3.05) is 11.3 Å². The first kappa shape index (κ1) is 24.0. The first-order valence-corrected chi connectivity index (χ1v) is 11.4. The monoisotopic (exact) mass is 472 g/mol. The van der Waals surface area contributed by atoms with E-state index in [0.29, 0.717) is 22.6 Å². The largest absolute Gasteiger partial charge is 0.480 e. The number of sulfonamides is 1. The standard InChI is InChI=1S/C22H24N4O6S/c1-13-20(14(2)26(3)24-13)33(31,32)25-18-6-4-5-17(11-18)15-7-9-16(10-8-15)21(28)23-19(12-27)22(29)30/h4-11,19,25,27H,12H2,1-3H3,(H,23,28)(H,29,30). The van der Waals surface area contributed by atoms with Crippen molar-refractivity contribution >= 4 is 27.6 Å². The number of aromatic nitrogens is 2. The average Bonchev–Trinajstić information content (AvgIpc) is 3.03. The highest BCUT2D eigenvalue weighted by Gasteiger charge is 2.24. The van der Waals surface area contributed by atoms with Crippen molar-refractivity contribution in [2.45, 2.75) is 24.8 Å². The number of nitrogens with zero attached hydrogens (tertiary/aromatic N) is 2.